The molecule has 1 heterocycles. The summed E-state index contributed by atoms with van der Waals surface area (Å²) in [6.07, 6.45) is 1.97. The second-order valence-corrected chi connectivity index (χ2v) is 5.21. The third-order valence-electron chi connectivity index (χ3n) is 2.74. The molecule has 2 heteroatoms. The number of benzene rings is 1. The van der Waals surface area contributed by atoms with Gasteiger partial charge in [-0.1, -0.05) is 39.0 Å². The van der Waals surface area contributed by atoms with Gasteiger partial charge < -0.3 is 0 Å². The number of hydrogen-bond acceptors (Lipinski definition) is 1. The van der Waals surface area contributed by atoms with Crippen molar-refractivity contribution < 1.29 is 0 Å². The molecule has 0 unspecified atom stereocenters. The van der Waals surface area contributed by atoms with Crippen molar-refractivity contribution in [1.82, 2.24) is 9.78 Å². The summed E-state index contributed by atoms with van der Waals surface area (Å²) in [5, 5.41) is 4.42. The van der Waals surface area contributed by atoms with E-state index < -0.39 is 0 Å². The minimum Gasteiger partial charge on any atom is -0.275 e. The van der Waals surface area contributed by atoms with Gasteiger partial charge in [0.05, 0.1) is 5.69 Å². The first-order valence-electron chi connectivity index (χ1n) is 5.57. The third kappa shape index (κ3) is 2.16. The van der Waals surface area contributed by atoms with Crippen LogP contribution in [-0.4, -0.2) is 9.78 Å². The summed E-state index contributed by atoms with van der Waals surface area (Å²) in [7, 11) is 1.94. The van der Waals surface area contributed by atoms with Gasteiger partial charge in [0.1, 0.15) is 0 Å². The average Bonchev–Trinajstić information content (AvgIpc) is 2.64. The van der Waals surface area contributed by atoms with Crippen LogP contribution in [-0.2, 0) is 12.5 Å². The molecule has 0 spiro atoms. The van der Waals surface area contributed by atoms with Crippen LogP contribution < -0.4 is 0 Å². The molecule has 0 bridgehead atoms. The molecule has 0 fully saturated rings. The molecule has 0 N–H and O–H groups in total. The predicted molar refractivity (Wildman–Crippen MR) is 67.3 cm³/mol. The maximum Gasteiger partial charge on any atom is 0.0923 e. The van der Waals surface area contributed by atoms with Crippen LogP contribution in [0.15, 0.2) is 36.5 Å². The average molecular weight is 214 g/mol. The highest BCUT2D eigenvalue weighted by molar-refractivity contribution is 5.60. The fourth-order valence-electron chi connectivity index (χ4n) is 1.71. The third-order valence-corrected chi connectivity index (χ3v) is 2.74. The zero-order chi connectivity index (χ0) is 11.8. The normalized spacial score (nSPS) is 11.8. The molecule has 0 atom stereocenters. The Morgan fingerprint density at radius 2 is 1.88 bits per heavy atom. The van der Waals surface area contributed by atoms with E-state index in [0.29, 0.717) is 0 Å². The maximum absolute atomic E-state index is 4.42. The summed E-state index contributed by atoms with van der Waals surface area (Å²) in [6, 6.07) is 10.7. The summed E-state index contributed by atoms with van der Waals surface area (Å²) in [5.41, 5.74) is 3.75. The van der Waals surface area contributed by atoms with Gasteiger partial charge in [-0.2, -0.15) is 5.10 Å². The molecule has 0 aliphatic heterocycles. The first kappa shape index (κ1) is 10.9. The van der Waals surface area contributed by atoms with Crippen LogP contribution in [0.2, 0.25) is 0 Å². The highest BCUT2D eigenvalue weighted by Crippen LogP contribution is 2.26. The summed E-state index contributed by atoms with van der Waals surface area (Å²) in [4.78, 5) is 0. The van der Waals surface area contributed by atoms with Gasteiger partial charge >= 0.3 is 0 Å². The second kappa shape index (κ2) is 3.78. The molecule has 0 radical (unpaired) electrons. The zero-order valence-electron chi connectivity index (χ0n) is 10.4. The Hall–Kier alpha value is -1.57. The number of hydrogen-bond donors (Lipinski definition) is 0. The molecule has 0 aliphatic rings. The Morgan fingerprint density at radius 3 is 2.44 bits per heavy atom. The summed E-state index contributed by atoms with van der Waals surface area (Å²) in [6.45, 7) is 6.68. The minimum absolute atomic E-state index is 0.185. The van der Waals surface area contributed by atoms with Crippen LogP contribution in [0.25, 0.3) is 11.3 Å². The number of aromatic nitrogens is 2. The Morgan fingerprint density at radius 1 is 1.12 bits per heavy atom. The first-order valence-corrected chi connectivity index (χ1v) is 5.57. The molecule has 2 rings (SSSR count). The molecular weight excluding hydrogens is 196 g/mol. The molecule has 1 aromatic carbocycles. The SMILES string of the molecule is Cn1ccc(-c2cccc(C(C)(C)C)c2)n1. The lowest BCUT2D eigenvalue weighted by Gasteiger charge is -2.19. The van der Waals surface area contributed by atoms with Gasteiger partial charge in [-0.15, -0.1) is 0 Å². The molecule has 0 aliphatic carbocycles. The van der Waals surface area contributed by atoms with Crippen LogP contribution in [0.4, 0.5) is 0 Å². The van der Waals surface area contributed by atoms with Crippen molar-refractivity contribution in [3.05, 3.63) is 42.1 Å². The molecule has 16 heavy (non-hydrogen) atoms. The van der Waals surface area contributed by atoms with E-state index in [1.54, 1.807) is 0 Å². The topological polar surface area (TPSA) is 17.8 Å². The maximum atomic E-state index is 4.42. The summed E-state index contributed by atoms with van der Waals surface area (Å²) in [5.74, 6) is 0. The monoisotopic (exact) mass is 214 g/mol. The van der Waals surface area contributed by atoms with Crippen LogP contribution in [0.5, 0.6) is 0 Å². The van der Waals surface area contributed by atoms with Crippen molar-refractivity contribution in [3.63, 3.8) is 0 Å². The van der Waals surface area contributed by atoms with E-state index in [-0.39, 0.29) is 5.41 Å². The Balaban J connectivity index is 2.44. The van der Waals surface area contributed by atoms with Gasteiger partial charge in [0.15, 0.2) is 0 Å². The van der Waals surface area contributed by atoms with E-state index in [2.05, 4.69) is 50.1 Å². The van der Waals surface area contributed by atoms with Gasteiger partial charge in [-0.3, -0.25) is 4.68 Å². The van der Waals surface area contributed by atoms with Crippen molar-refractivity contribution in [3.8, 4) is 11.3 Å². The van der Waals surface area contributed by atoms with Crippen LogP contribution in [0, 0.1) is 0 Å². The molecule has 0 saturated carbocycles. The zero-order valence-corrected chi connectivity index (χ0v) is 10.4. The highest BCUT2D eigenvalue weighted by atomic mass is 15.2. The van der Waals surface area contributed by atoms with Gasteiger partial charge in [0.2, 0.25) is 0 Å². The van der Waals surface area contributed by atoms with E-state index in [0.717, 1.165) is 5.69 Å². The van der Waals surface area contributed by atoms with Crippen molar-refractivity contribution in [2.45, 2.75) is 26.2 Å². The van der Waals surface area contributed by atoms with Crippen LogP contribution in [0.3, 0.4) is 0 Å². The highest BCUT2D eigenvalue weighted by Gasteiger charge is 2.14. The smallest absolute Gasteiger partial charge is 0.0923 e. The lowest BCUT2D eigenvalue weighted by Crippen LogP contribution is -2.10. The molecule has 84 valence electrons. The lowest BCUT2D eigenvalue weighted by atomic mass is 9.86. The van der Waals surface area contributed by atoms with E-state index in [1.807, 2.05) is 24.0 Å². The summed E-state index contributed by atoms with van der Waals surface area (Å²) >= 11 is 0. The second-order valence-electron chi connectivity index (χ2n) is 5.21. The molecule has 2 aromatic rings. The first-order chi connectivity index (χ1) is 7.47. The van der Waals surface area contributed by atoms with Crippen molar-refractivity contribution in [2.24, 2.45) is 7.05 Å². The van der Waals surface area contributed by atoms with E-state index in [4.69, 9.17) is 0 Å². The molecule has 0 saturated heterocycles. The van der Waals surface area contributed by atoms with E-state index >= 15 is 0 Å². The van der Waals surface area contributed by atoms with E-state index in [9.17, 15) is 0 Å². The van der Waals surface area contributed by atoms with Gasteiger partial charge in [-0.25, -0.2) is 0 Å². The van der Waals surface area contributed by atoms with Gasteiger partial charge in [0.25, 0.3) is 0 Å². The fourth-order valence-corrected chi connectivity index (χ4v) is 1.71. The minimum atomic E-state index is 0.185. The Labute approximate surface area is 96.9 Å². The molecule has 0 amide bonds. The largest absolute Gasteiger partial charge is 0.275 e. The number of rotatable bonds is 1. The predicted octanol–water partition coefficient (Wildman–Crippen LogP) is 3.38. The van der Waals surface area contributed by atoms with Crippen LogP contribution >= 0.6 is 0 Å². The van der Waals surface area contributed by atoms with Crippen LogP contribution in [0.1, 0.15) is 26.3 Å². The lowest BCUT2D eigenvalue weighted by molar-refractivity contribution is 0.590. The number of nitrogens with zero attached hydrogens (tertiary/aromatic N) is 2. The van der Waals surface area contributed by atoms with Crippen molar-refractivity contribution in [2.75, 3.05) is 0 Å². The molecular formula is C14H18N2. The molecule has 2 nitrogen and oxygen atoms in total. The van der Waals surface area contributed by atoms with Crippen molar-refractivity contribution >= 4 is 0 Å². The van der Waals surface area contributed by atoms with Gasteiger partial charge in [-0.05, 0) is 23.1 Å². The van der Waals surface area contributed by atoms with Gasteiger partial charge in [0, 0.05) is 18.8 Å². The number of aryl methyl sites for hydroxylation is 1. The molecule has 1 aromatic heterocycles. The fraction of sp³-hybridized carbons (Fsp3) is 0.357. The Kier molecular flexibility index (Phi) is 2.58. The Bertz CT molecular complexity index is 489. The summed E-state index contributed by atoms with van der Waals surface area (Å²) < 4.78 is 1.83. The van der Waals surface area contributed by atoms with Crippen molar-refractivity contribution in [1.29, 1.82) is 0 Å². The standard InChI is InChI=1S/C14H18N2/c1-14(2,3)12-7-5-6-11(10-12)13-8-9-16(4)15-13/h5-10H,1-4H3. The van der Waals surface area contributed by atoms with E-state index in [1.165, 1.54) is 11.1 Å². The quantitative estimate of drug-likeness (QED) is 0.711.